The number of halogens is 2. The number of amides is 2. The maximum absolute atomic E-state index is 13.7. The SMILES string of the molecule is CC(C)(O)CN(C(=O)C(=O)c1c(Cl)c(C(N)=O)c2n1CCCC2)c1ccnc(F)c1. The van der Waals surface area contributed by atoms with Crippen molar-refractivity contribution < 1.29 is 23.9 Å². The molecule has 2 aromatic heterocycles. The molecule has 0 aromatic carbocycles. The number of hydrogen-bond donors (Lipinski definition) is 2. The highest BCUT2D eigenvalue weighted by Crippen LogP contribution is 2.33. The Labute approximate surface area is 177 Å². The molecule has 0 fully saturated rings. The maximum Gasteiger partial charge on any atom is 0.301 e. The maximum atomic E-state index is 13.7. The highest BCUT2D eigenvalue weighted by molar-refractivity contribution is 6.50. The minimum Gasteiger partial charge on any atom is -0.389 e. The Balaban J connectivity index is 2.08. The second kappa shape index (κ2) is 8.16. The number of aliphatic hydroxyl groups is 1. The van der Waals surface area contributed by atoms with Gasteiger partial charge >= 0.3 is 5.91 Å². The molecule has 0 saturated carbocycles. The summed E-state index contributed by atoms with van der Waals surface area (Å²) < 4.78 is 15.2. The van der Waals surface area contributed by atoms with Gasteiger partial charge in [0.25, 0.3) is 11.7 Å². The van der Waals surface area contributed by atoms with Gasteiger partial charge in [0.05, 0.1) is 28.4 Å². The normalized spacial score (nSPS) is 13.6. The lowest BCUT2D eigenvalue weighted by molar-refractivity contribution is -0.115. The predicted octanol–water partition coefficient (Wildman–Crippen LogP) is 2.10. The van der Waals surface area contributed by atoms with Gasteiger partial charge in [0.1, 0.15) is 5.69 Å². The van der Waals surface area contributed by atoms with Crippen LogP contribution in [0.2, 0.25) is 5.02 Å². The Kier molecular flexibility index (Phi) is 5.96. The van der Waals surface area contributed by atoms with Gasteiger partial charge in [0, 0.05) is 24.5 Å². The van der Waals surface area contributed by atoms with E-state index >= 15 is 0 Å². The number of ketones is 1. The molecule has 0 atom stereocenters. The van der Waals surface area contributed by atoms with Gasteiger partial charge in [-0.2, -0.15) is 4.39 Å². The van der Waals surface area contributed by atoms with Crippen molar-refractivity contribution in [2.75, 3.05) is 11.4 Å². The molecule has 1 aliphatic heterocycles. The van der Waals surface area contributed by atoms with Crippen molar-refractivity contribution in [1.29, 1.82) is 0 Å². The van der Waals surface area contributed by atoms with E-state index in [1.54, 1.807) is 4.57 Å². The minimum atomic E-state index is -1.38. The number of Topliss-reactive ketones (excluding diaryl/α,β-unsaturated/α-hetero) is 1. The van der Waals surface area contributed by atoms with Crippen LogP contribution in [0.5, 0.6) is 0 Å². The minimum absolute atomic E-state index is 0.0384. The van der Waals surface area contributed by atoms with E-state index in [0.29, 0.717) is 18.7 Å². The molecule has 30 heavy (non-hydrogen) atoms. The number of nitrogens with zero attached hydrogens (tertiary/aromatic N) is 3. The highest BCUT2D eigenvalue weighted by atomic mass is 35.5. The first-order valence-corrected chi connectivity index (χ1v) is 9.80. The van der Waals surface area contributed by atoms with Crippen LogP contribution in [0.4, 0.5) is 10.1 Å². The van der Waals surface area contributed by atoms with Crippen molar-refractivity contribution in [3.63, 3.8) is 0 Å². The van der Waals surface area contributed by atoms with E-state index in [4.69, 9.17) is 17.3 Å². The zero-order valence-electron chi connectivity index (χ0n) is 16.6. The number of aromatic nitrogens is 2. The first-order valence-electron chi connectivity index (χ1n) is 9.42. The van der Waals surface area contributed by atoms with E-state index < -0.39 is 29.1 Å². The third kappa shape index (κ3) is 4.22. The molecule has 0 unspecified atom stereocenters. The van der Waals surface area contributed by atoms with Crippen LogP contribution in [0.3, 0.4) is 0 Å². The summed E-state index contributed by atoms with van der Waals surface area (Å²) >= 11 is 6.33. The number of anilines is 1. The standard InChI is InChI=1S/C20H22ClFN4O4/c1-20(2,30)10-26(11-6-7-24-13(22)9-11)19(29)17(27)16-15(21)14(18(23)28)12-5-3-4-8-25(12)16/h6-7,9,30H,3-5,8,10H2,1-2H3,(H2,23,28). The molecule has 160 valence electrons. The van der Waals surface area contributed by atoms with Crippen molar-refractivity contribution in [3.05, 3.63) is 46.3 Å². The summed E-state index contributed by atoms with van der Waals surface area (Å²) in [4.78, 5) is 42.7. The van der Waals surface area contributed by atoms with Gasteiger partial charge in [0.2, 0.25) is 5.95 Å². The number of primary amides is 1. The summed E-state index contributed by atoms with van der Waals surface area (Å²) in [6.45, 7) is 3.03. The number of carbonyl (C=O) groups is 3. The topological polar surface area (TPSA) is 119 Å². The van der Waals surface area contributed by atoms with Gasteiger partial charge in [-0.25, -0.2) is 4.98 Å². The molecule has 0 radical (unpaired) electrons. The molecule has 0 aliphatic carbocycles. The van der Waals surface area contributed by atoms with Gasteiger partial charge < -0.3 is 20.3 Å². The third-order valence-electron chi connectivity index (χ3n) is 4.82. The largest absolute Gasteiger partial charge is 0.389 e. The quantitative estimate of drug-likeness (QED) is 0.408. The molecule has 2 aromatic rings. The lowest BCUT2D eigenvalue weighted by Gasteiger charge is -2.29. The molecule has 10 heteroatoms. The summed E-state index contributed by atoms with van der Waals surface area (Å²) in [5.41, 5.74) is 4.57. The van der Waals surface area contributed by atoms with E-state index in [9.17, 15) is 23.9 Å². The number of fused-ring (bicyclic) bond motifs is 1. The van der Waals surface area contributed by atoms with Gasteiger partial charge in [0.15, 0.2) is 0 Å². The molecule has 0 spiro atoms. The average molecular weight is 437 g/mol. The first kappa shape index (κ1) is 21.9. The monoisotopic (exact) mass is 436 g/mol. The van der Waals surface area contributed by atoms with E-state index in [0.717, 1.165) is 30.0 Å². The molecule has 3 N–H and O–H groups in total. The van der Waals surface area contributed by atoms with Crippen LogP contribution in [-0.2, 0) is 17.8 Å². The Hall–Kier alpha value is -2.78. The summed E-state index contributed by atoms with van der Waals surface area (Å²) in [6, 6.07) is 2.34. The number of pyridine rings is 1. The van der Waals surface area contributed by atoms with Crippen LogP contribution in [0.25, 0.3) is 0 Å². The van der Waals surface area contributed by atoms with Crippen LogP contribution in [0, 0.1) is 5.95 Å². The Morgan fingerprint density at radius 1 is 1.37 bits per heavy atom. The lowest BCUT2D eigenvalue weighted by Crippen LogP contribution is -2.46. The average Bonchev–Trinajstić information content (AvgIpc) is 2.96. The van der Waals surface area contributed by atoms with Crippen LogP contribution in [0.15, 0.2) is 18.3 Å². The smallest absolute Gasteiger partial charge is 0.301 e. The van der Waals surface area contributed by atoms with Crippen LogP contribution >= 0.6 is 11.6 Å². The Bertz CT molecular complexity index is 1030. The Morgan fingerprint density at radius 2 is 2.07 bits per heavy atom. The number of rotatable bonds is 6. The fourth-order valence-electron chi connectivity index (χ4n) is 3.63. The van der Waals surface area contributed by atoms with E-state index in [1.807, 2.05) is 0 Å². The van der Waals surface area contributed by atoms with Gasteiger partial charge in [-0.05, 0) is 39.2 Å². The zero-order chi connectivity index (χ0) is 22.2. The summed E-state index contributed by atoms with van der Waals surface area (Å²) in [6.07, 6.45) is 3.19. The van der Waals surface area contributed by atoms with E-state index in [1.165, 1.54) is 19.9 Å². The summed E-state index contributed by atoms with van der Waals surface area (Å²) in [5.74, 6) is -3.62. The van der Waals surface area contributed by atoms with E-state index in [2.05, 4.69) is 4.98 Å². The number of carbonyl (C=O) groups excluding carboxylic acids is 3. The van der Waals surface area contributed by atoms with Crippen LogP contribution < -0.4 is 10.6 Å². The van der Waals surface area contributed by atoms with Gasteiger partial charge in [-0.3, -0.25) is 14.4 Å². The molecule has 0 saturated heterocycles. The van der Waals surface area contributed by atoms with Crippen molar-refractivity contribution >= 4 is 34.9 Å². The fourth-order valence-corrected chi connectivity index (χ4v) is 4.02. The number of hydrogen-bond acceptors (Lipinski definition) is 5. The molecule has 2 amide bonds. The molecular formula is C20H22ClFN4O4. The van der Waals surface area contributed by atoms with Crippen LogP contribution in [0.1, 0.15) is 53.2 Å². The zero-order valence-corrected chi connectivity index (χ0v) is 17.4. The molecule has 3 heterocycles. The first-order chi connectivity index (χ1) is 14.0. The predicted molar refractivity (Wildman–Crippen MR) is 108 cm³/mol. The van der Waals surface area contributed by atoms with Gasteiger partial charge in [-0.15, -0.1) is 0 Å². The molecule has 8 nitrogen and oxygen atoms in total. The molecule has 0 bridgehead atoms. The Morgan fingerprint density at radius 3 is 2.67 bits per heavy atom. The van der Waals surface area contributed by atoms with Crippen molar-refractivity contribution in [2.45, 2.75) is 45.3 Å². The second-order valence-electron chi connectivity index (χ2n) is 7.83. The van der Waals surface area contributed by atoms with Crippen molar-refractivity contribution in [1.82, 2.24) is 9.55 Å². The van der Waals surface area contributed by atoms with Crippen molar-refractivity contribution in [2.24, 2.45) is 5.73 Å². The molecular weight excluding hydrogens is 415 g/mol. The summed E-state index contributed by atoms with van der Waals surface area (Å²) in [7, 11) is 0. The third-order valence-corrected chi connectivity index (χ3v) is 5.19. The summed E-state index contributed by atoms with van der Waals surface area (Å²) in [5, 5.41) is 10.1. The van der Waals surface area contributed by atoms with Crippen molar-refractivity contribution in [3.8, 4) is 0 Å². The highest BCUT2D eigenvalue weighted by Gasteiger charge is 2.36. The fraction of sp³-hybridized carbons (Fsp3) is 0.400. The second-order valence-corrected chi connectivity index (χ2v) is 8.20. The van der Waals surface area contributed by atoms with E-state index in [-0.39, 0.29) is 28.5 Å². The molecule has 1 aliphatic rings. The van der Waals surface area contributed by atoms with Gasteiger partial charge in [-0.1, -0.05) is 11.6 Å². The van der Waals surface area contributed by atoms with Crippen LogP contribution in [-0.4, -0.2) is 44.4 Å². The lowest BCUT2D eigenvalue weighted by atomic mass is 10.1. The number of nitrogens with two attached hydrogens (primary N) is 1. The molecule has 3 rings (SSSR count).